The Morgan fingerprint density at radius 2 is 1.28 bits per heavy atom. The van der Waals surface area contributed by atoms with E-state index in [2.05, 4.69) is 172 Å². The van der Waals surface area contributed by atoms with Gasteiger partial charge in [-0.1, -0.05) is 135 Å². The maximum atomic E-state index is 2.41. The summed E-state index contributed by atoms with van der Waals surface area (Å²) in [4.78, 5) is 0. The molecule has 224 valence electrons. The zero-order valence-corrected chi connectivity index (χ0v) is 27.4. The smallest absolute Gasteiger partial charge is 0.0355 e. The molecule has 0 atom stereocenters. The van der Waals surface area contributed by atoms with E-state index in [9.17, 15) is 0 Å². The molecule has 7 aromatic carbocycles. The predicted octanol–water partition coefficient (Wildman–Crippen LogP) is 13.1. The highest BCUT2D eigenvalue weighted by Crippen LogP contribution is 2.53. The molecule has 8 aromatic rings. The van der Waals surface area contributed by atoms with Gasteiger partial charge in [-0.15, -0.1) is 11.3 Å². The van der Waals surface area contributed by atoms with Crippen LogP contribution in [-0.2, 0) is 11.8 Å². The van der Waals surface area contributed by atoms with Crippen molar-refractivity contribution in [2.75, 3.05) is 0 Å². The van der Waals surface area contributed by atoms with Gasteiger partial charge in [0.1, 0.15) is 0 Å². The molecule has 0 saturated carbocycles. The van der Waals surface area contributed by atoms with E-state index in [-0.39, 0.29) is 5.41 Å². The molecule has 0 N–H and O–H groups in total. The van der Waals surface area contributed by atoms with Gasteiger partial charge in [0.05, 0.1) is 0 Å². The first-order valence-electron chi connectivity index (χ1n) is 16.5. The third-order valence-corrected chi connectivity index (χ3v) is 11.2. The lowest BCUT2D eigenvalue weighted by molar-refractivity contribution is 0.661. The van der Waals surface area contributed by atoms with Gasteiger partial charge in [-0.05, 0) is 109 Å². The molecule has 47 heavy (non-hydrogen) atoms. The minimum atomic E-state index is -0.0389. The fourth-order valence-electron chi connectivity index (χ4n) is 7.59. The average molecular weight is 619 g/mol. The summed E-state index contributed by atoms with van der Waals surface area (Å²) in [7, 11) is 0. The van der Waals surface area contributed by atoms with Gasteiger partial charge in [-0.2, -0.15) is 0 Å². The Kier molecular flexibility index (Phi) is 6.52. The van der Waals surface area contributed by atoms with Crippen molar-refractivity contribution in [3.05, 3.63) is 174 Å². The van der Waals surface area contributed by atoms with E-state index in [0.717, 1.165) is 6.42 Å². The first kappa shape index (κ1) is 28.0. The maximum absolute atomic E-state index is 2.41. The van der Waals surface area contributed by atoms with Crippen LogP contribution in [0.25, 0.3) is 70.4 Å². The van der Waals surface area contributed by atoms with Gasteiger partial charge in [0.25, 0.3) is 0 Å². The van der Waals surface area contributed by atoms with Crippen LogP contribution in [0.15, 0.2) is 152 Å². The molecule has 0 bridgehead atoms. The van der Waals surface area contributed by atoms with Crippen LogP contribution in [0.3, 0.4) is 0 Å². The van der Waals surface area contributed by atoms with Gasteiger partial charge in [-0.3, -0.25) is 0 Å². The second-order valence-corrected chi connectivity index (χ2v) is 14.4. The monoisotopic (exact) mass is 618 g/mol. The highest BCUT2D eigenvalue weighted by atomic mass is 32.1. The lowest BCUT2D eigenvalue weighted by Gasteiger charge is -2.22. The molecule has 1 aliphatic carbocycles. The van der Waals surface area contributed by atoms with Crippen LogP contribution >= 0.6 is 11.3 Å². The van der Waals surface area contributed by atoms with E-state index in [0.29, 0.717) is 0 Å². The summed E-state index contributed by atoms with van der Waals surface area (Å²) in [5.41, 5.74) is 13.2. The van der Waals surface area contributed by atoms with Gasteiger partial charge >= 0.3 is 0 Å². The number of benzene rings is 7. The average Bonchev–Trinajstić information content (AvgIpc) is 3.59. The standard InChI is InChI=1S/C46H34S/c1-46(2)41-18-9-17-37(45(41)40-28-33-13-3-4-14-34(33)29-42(40)46)36-15-8-12-31(26-36)11-7-10-30-20-22-32(23-21-30)35-24-25-44-39(27-35)38-16-5-6-19-43(38)47-44/h3-9,11-29H,10H2,1-2H3/b11-7+. The third kappa shape index (κ3) is 4.73. The number of rotatable bonds is 5. The fraction of sp³-hybridized carbons (Fsp3) is 0.0870. The molecule has 0 aliphatic heterocycles. The number of thiophene rings is 1. The molecule has 0 nitrogen and oxygen atoms in total. The van der Waals surface area contributed by atoms with Crippen LogP contribution in [0.2, 0.25) is 0 Å². The highest BCUT2D eigenvalue weighted by molar-refractivity contribution is 7.25. The van der Waals surface area contributed by atoms with Crippen molar-refractivity contribution in [2.45, 2.75) is 25.7 Å². The normalized spacial score (nSPS) is 13.5. The number of hydrogen-bond donors (Lipinski definition) is 0. The Bertz CT molecular complexity index is 2500. The van der Waals surface area contributed by atoms with E-state index in [4.69, 9.17) is 0 Å². The van der Waals surface area contributed by atoms with Crippen molar-refractivity contribution in [1.82, 2.24) is 0 Å². The molecule has 0 fully saturated rings. The Labute approximate surface area is 280 Å². The summed E-state index contributed by atoms with van der Waals surface area (Å²) in [5.74, 6) is 0. The molecule has 1 heterocycles. The third-order valence-electron chi connectivity index (χ3n) is 10.1. The number of fused-ring (bicyclic) bond motifs is 7. The summed E-state index contributed by atoms with van der Waals surface area (Å²) < 4.78 is 2.70. The van der Waals surface area contributed by atoms with Gasteiger partial charge in [0, 0.05) is 25.6 Å². The van der Waals surface area contributed by atoms with Crippen LogP contribution in [0.5, 0.6) is 0 Å². The summed E-state index contributed by atoms with van der Waals surface area (Å²) in [6.45, 7) is 4.73. The summed E-state index contributed by atoms with van der Waals surface area (Å²) in [6.07, 6.45) is 5.45. The molecule has 0 spiro atoms. The van der Waals surface area contributed by atoms with Crippen LogP contribution in [0.1, 0.15) is 36.1 Å². The van der Waals surface area contributed by atoms with Crippen molar-refractivity contribution in [2.24, 2.45) is 0 Å². The molecular weight excluding hydrogens is 585 g/mol. The number of hydrogen-bond acceptors (Lipinski definition) is 1. The minimum Gasteiger partial charge on any atom is -0.135 e. The lowest BCUT2D eigenvalue weighted by atomic mass is 9.81. The predicted molar refractivity (Wildman–Crippen MR) is 204 cm³/mol. The second-order valence-electron chi connectivity index (χ2n) is 13.3. The Balaban J connectivity index is 0.977. The topological polar surface area (TPSA) is 0 Å². The van der Waals surface area contributed by atoms with E-state index in [1.807, 2.05) is 11.3 Å². The highest BCUT2D eigenvalue weighted by Gasteiger charge is 2.37. The lowest BCUT2D eigenvalue weighted by Crippen LogP contribution is -2.14. The Morgan fingerprint density at radius 1 is 0.532 bits per heavy atom. The Hall–Kier alpha value is -5.24. The summed E-state index contributed by atoms with van der Waals surface area (Å²) in [5, 5.41) is 5.30. The summed E-state index contributed by atoms with van der Waals surface area (Å²) >= 11 is 1.87. The second kappa shape index (κ2) is 10.9. The van der Waals surface area contributed by atoms with E-state index in [1.54, 1.807) is 0 Å². The first-order chi connectivity index (χ1) is 23.0. The van der Waals surface area contributed by atoms with Crippen molar-refractivity contribution in [3.63, 3.8) is 0 Å². The molecule has 9 rings (SSSR count). The zero-order valence-electron chi connectivity index (χ0n) is 26.6. The van der Waals surface area contributed by atoms with E-state index in [1.165, 1.54) is 86.6 Å². The molecule has 1 heteroatoms. The molecule has 0 saturated heterocycles. The van der Waals surface area contributed by atoms with E-state index >= 15 is 0 Å². The van der Waals surface area contributed by atoms with Crippen LogP contribution in [0.4, 0.5) is 0 Å². The quantitative estimate of drug-likeness (QED) is 0.180. The van der Waals surface area contributed by atoms with Gasteiger partial charge in [0.2, 0.25) is 0 Å². The fourth-order valence-corrected chi connectivity index (χ4v) is 8.68. The minimum absolute atomic E-state index is 0.0389. The van der Waals surface area contributed by atoms with Crippen molar-refractivity contribution in [3.8, 4) is 33.4 Å². The molecule has 0 unspecified atom stereocenters. The maximum Gasteiger partial charge on any atom is 0.0355 e. The zero-order chi connectivity index (χ0) is 31.5. The molecule has 1 aliphatic rings. The summed E-state index contributed by atoms with van der Waals surface area (Å²) in [6, 6.07) is 54.0. The molecular formula is C46H34S. The largest absolute Gasteiger partial charge is 0.135 e. The van der Waals surface area contributed by atoms with Crippen LogP contribution < -0.4 is 0 Å². The van der Waals surface area contributed by atoms with Gasteiger partial charge in [0.15, 0.2) is 0 Å². The molecule has 1 aromatic heterocycles. The molecule has 0 radical (unpaired) electrons. The van der Waals surface area contributed by atoms with Crippen molar-refractivity contribution < 1.29 is 0 Å². The number of allylic oxidation sites excluding steroid dienone is 1. The SMILES string of the molecule is CC1(C)c2cc3ccccc3cc2-c2c(-c3cccc(/C=C/Cc4ccc(-c5ccc6sc7ccccc7c6c5)cc4)c3)cccc21. The van der Waals surface area contributed by atoms with Crippen molar-refractivity contribution >= 4 is 48.4 Å². The van der Waals surface area contributed by atoms with Crippen LogP contribution in [-0.4, -0.2) is 0 Å². The Morgan fingerprint density at radius 3 is 2.15 bits per heavy atom. The van der Waals surface area contributed by atoms with Crippen molar-refractivity contribution in [1.29, 1.82) is 0 Å². The van der Waals surface area contributed by atoms with Crippen LogP contribution in [0, 0.1) is 0 Å². The first-order valence-corrected chi connectivity index (χ1v) is 17.3. The van der Waals surface area contributed by atoms with E-state index < -0.39 is 0 Å². The van der Waals surface area contributed by atoms with Gasteiger partial charge < -0.3 is 0 Å². The molecule has 0 amide bonds. The van der Waals surface area contributed by atoms with Gasteiger partial charge in [-0.25, -0.2) is 0 Å².